The van der Waals surface area contributed by atoms with Gasteiger partial charge in [0.2, 0.25) is 5.91 Å². The quantitative estimate of drug-likeness (QED) is 0.712. The van der Waals surface area contributed by atoms with E-state index >= 15 is 0 Å². The second-order valence-corrected chi connectivity index (χ2v) is 7.36. The van der Waals surface area contributed by atoms with Gasteiger partial charge in [0.1, 0.15) is 12.4 Å². The third-order valence-electron chi connectivity index (χ3n) is 5.70. The van der Waals surface area contributed by atoms with Crippen LogP contribution in [0.3, 0.4) is 0 Å². The number of hydrogen-bond acceptors (Lipinski definition) is 4. The Hall–Kier alpha value is -1.30. The predicted molar refractivity (Wildman–Crippen MR) is 105 cm³/mol. The molecule has 1 saturated carbocycles. The lowest BCUT2D eigenvalue weighted by Crippen LogP contribution is -2.47. The van der Waals surface area contributed by atoms with Crippen molar-refractivity contribution in [3.05, 3.63) is 29.3 Å². The van der Waals surface area contributed by atoms with Crippen molar-refractivity contribution < 1.29 is 14.3 Å². The number of carbonyl (C=O) groups excluding carboxylic acids is 1. The van der Waals surface area contributed by atoms with Gasteiger partial charge in [-0.1, -0.05) is 25.0 Å². The standard InChI is InChI=1S/C20H30N2O3.ClH/c1-15-6-7-16(18(11-15)25-10-9-24-2)12-22-19(23)20-8-4-3-5-17(20)13-21-14-20;/h6-7,11,17,21H,3-5,8-10,12-14H2,1-2H3,(H,22,23);1H/t17-,20+;/m0./s1. The first-order valence-electron chi connectivity index (χ1n) is 9.36. The molecular weight excluding hydrogens is 352 g/mol. The van der Waals surface area contributed by atoms with E-state index in [0.29, 0.717) is 25.7 Å². The van der Waals surface area contributed by atoms with Gasteiger partial charge in [-0.25, -0.2) is 0 Å². The summed E-state index contributed by atoms with van der Waals surface area (Å²) in [5, 5.41) is 6.63. The fourth-order valence-corrected chi connectivity index (χ4v) is 4.22. The lowest BCUT2D eigenvalue weighted by molar-refractivity contribution is -0.134. The highest BCUT2D eigenvalue weighted by Crippen LogP contribution is 2.44. The van der Waals surface area contributed by atoms with Crippen LogP contribution in [0.25, 0.3) is 0 Å². The smallest absolute Gasteiger partial charge is 0.228 e. The van der Waals surface area contributed by atoms with Crippen molar-refractivity contribution in [2.75, 3.05) is 33.4 Å². The highest BCUT2D eigenvalue weighted by Gasteiger charge is 2.49. The van der Waals surface area contributed by atoms with Crippen molar-refractivity contribution in [1.82, 2.24) is 10.6 Å². The first kappa shape index (κ1) is 21.0. The van der Waals surface area contributed by atoms with Gasteiger partial charge in [0, 0.05) is 25.8 Å². The zero-order valence-corrected chi connectivity index (χ0v) is 16.6. The van der Waals surface area contributed by atoms with E-state index in [1.165, 1.54) is 6.42 Å². The van der Waals surface area contributed by atoms with Crippen molar-refractivity contribution in [2.24, 2.45) is 11.3 Å². The van der Waals surface area contributed by atoms with E-state index in [2.05, 4.69) is 16.7 Å². The Labute approximate surface area is 162 Å². The number of carbonyl (C=O) groups is 1. The Kier molecular flexibility index (Phi) is 7.74. The van der Waals surface area contributed by atoms with E-state index < -0.39 is 0 Å². The maximum absolute atomic E-state index is 13.0. The van der Waals surface area contributed by atoms with Crippen molar-refractivity contribution >= 4 is 18.3 Å². The number of ether oxygens (including phenoxy) is 2. The van der Waals surface area contributed by atoms with E-state index in [1.807, 2.05) is 19.1 Å². The molecule has 146 valence electrons. The molecule has 3 rings (SSSR count). The lowest BCUT2D eigenvalue weighted by Gasteiger charge is -2.37. The maximum Gasteiger partial charge on any atom is 0.228 e. The zero-order valence-electron chi connectivity index (χ0n) is 15.8. The Morgan fingerprint density at radius 1 is 1.35 bits per heavy atom. The Morgan fingerprint density at radius 2 is 2.19 bits per heavy atom. The number of hydrogen-bond donors (Lipinski definition) is 2. The number of fused-ring (bicyclic) bond motifs is 1. The van der Waals surface area contributed by atoms with Crippen LogP contribution in [0, 0.1) is 18.3 Å². The number of rotatable bonds is 7. The first-order chi connectivity index (χ1) is 12.2. The second-order valence-electron chi connectivity index (χ2n) is 7.36. The highest BCUT2D eigenvalue weighted by molar-refractivity contribution is 5.85. The van der Waals surface area contributed by atoms with Crippen molar-refractivity contribution in [2.45, 2.75) is 39.2 Å². The van der Waals surface area contributed by atoms with Crippen LogP contribution < -0.4 is 15.4 Å². The number of amides is 1. The summed E-state index contributed by atoms with van der Waals surface area (Å²) < 4.78 is 10.9. The summed E-state index contributed by atoms with van der Waals surface area (Å²) in [6.45, 7) is 5.40. The van der Waals surface area contributed by atoms with Crippen molar-refractivity contribution in [3.8, 4) is 5.75 Å². The molecule has 1 aliphatic carbocycles. The predicted octanol–water partition coefficient (Wildman–Crippen LogP) is 2.84. The molecule has 0 radical (unpaired) electrons. The molecule has 2 fully saturated rings. The molecule has 5 nitrogen and oxygen atoms in total. The average molecular weight is 383 g/mol. The molecule has 26 heavy (non-hydrogen) atoms. The molecule has 1 heterocycles. The fraction of sp³-hybridized carbons (Fsp3) is 0.650. The minimum absolute atomic E-state index is 0. The third kappa shape index (κ3) is 4.51. The molecular formula is C20H31ClN2O3. The van der Waals surface area contributed by atoms with Gasteiger partial charge in [-0.15, -0.1) is 12.4 Å². The molecule has 1 saturated heterocycles. The Morgan fingerprint density at radius 3 is 3.00 bits per heavy atom. The molecule has 2 atom stereocenters. The summed E-state index contributed by atoms with van der Waals surface area (Å²) in [6.07, 6.45) is 4.57. The SMILES string of the molecule is COCCOc1cc(C)ccc1CNC(=O)[C@@]12CCCC[C@H]1CNC2.Cl. The second kappa shape index (κ2) is 9.58. The largest absolute Gasteiger partial charge is 0.491 e. The van der Waals surface area contributed by atoms with Crippen LogP contribution in [0.1, 0.15) is 36.8 Å². The minimum atomic E-state index is -0.208. The fourth-order valence-electron chi connectivity index (χ4n) is 4.22. The van der Waals surface area contributed by atoms with Crippen LogP contribution in [0.5, 0.6) is 5.75 Å². The number of halogens is 1. The van der Waals surface area contributed by atoms with Gasteiger partial charge in [0.25, 0.3) is 0 Å². The lowest BCUT2D eigenvalue weighted by atomic mass is 9.67. The summed E-state index contributed by atoms with van der Waals surface area (Å²) in [5.41, 5.74) is 1.96. The van der Waals surface area contributed by atoms with Crippen LogP contribution in [-0.4, -0.2) is 39.3 Å². The van der Waals surface area contributed by atoms with E-state index in [4.69, 9.17) is 9.47 Å². The van der Waals surface area contributed by atoms with Gasteiger partial charge in [0.15, 0.2) is 0 Å². The monoisotopic (exact) mass is 382 g/mol. The van der Waals surface area contributed by atoms with E-state index in [-0.39, 0.29) is 23.7 Å². The van der Waals surface area contributed by atoms with E-state index in [9.17, 15) is 4.79 Å². The number of nitrogens with one attached hydrogen (secondary N) is 2. The van der Waals surface area contributed by atoms with Crippen molar-refractivity contribution in [1.29, 1.82) is 0 Å². The topological polar surface area (TPSA) is 59.6 Å². The van der Waals surface area contributed by atoms with Gasteiger partial charge in [-0.05, 0) is 43.9 Å². The molecule has 2 aliphatic rings. The number of benzene rings is 1. The number of aryl methyl sites for hydroxylation is 1. The molecule has 0 spiro atoms. The maximum atomic E-state index is 13.0. The highest BCUT2D eigenvalue weighted by atomic mass is 35.5. The molecule has 0 aromatic heterocycles. The molecule has 0 bridgehead atoms. The first-order valence-corrected chi connectivity index (χ1v) is 9.36. The molecule has 6 heteroatoms. The Bertz CT molecular complexity index is 611. The van der Waals surface area contributed by atoms with Crippen LogP contribution in [0.2, 0.25) is 0 Å². The van der Waals surface area contributed by atoms with Gasteiger partial charge < -0.3 is 20.1 Å². The summed E-state index contributed by atoms with van der Waals surface area (Å²) in [4.78, 5) is 13.0. The van der Waals surface area contributed by atoms with Crippen molar-refractivity contribution in [3.63, 3.8) is 0 Å². The third-order valence-corrected chi connectivity index (χ3v) is 5.70. The van der Waals surface area contributed by atoms with Gasteiger partial charge in [0.05, 0.1) is 12.0 Å². The summed E-state index contributed by atoms with van der Waals surface area (Å²) in [6, 6.07) is 6.13. The zero-order chi connectivity index (χ0) is 17.7. The molecule has 1 aromatic rings. The molecule has 1 amide bonds. The van der Waals surface area contributed by atoms with Gasteiger partial charge in [-0.3, -0.25) is 4.79 Å². The van der Waals surface area contributed by atoms with Crippen LogP contribution in [0.4, 0.5) is 0 Å². The van der Waals surface area contributed by atoms with Gasteiger partial charge in [-0.2, -0.15) is 0 Å². The summed E-state index contributed by atoms with van der Waals surface area (Å²) in [7, 11) is 1.66. The summed E-state index contributed by atoms with van der Waals surface area (Å²) >= 11 is 0. The molecule has 1 aromatic carbocycles. The average Bonchev–Trinajstić information content (AvgIpc) is 3.06. The van der Waals surface area contributed by atoms with E-state index in [0.717, 1.165) is 49.2 Å². The minimum Gasteiger partial charge on any atom is -0.491 e. The Balaban J connectivity index is 0.00000243. The summed E-state index contributed by atoms with van der Waals surface area (Å²) in [5.74, 6) is 1.52. The molecule has 0 unspecified atom stereocenters. The van der Waals surface area contributed by atoms with E-state index in [1.54, 1.807) is 7.11 Å². The molecule has 2 N–H and O–H groups in total. The van der Waals surface area contributed by atoms with Crippen LogP contribution in [0.15, 0.2) is 18.2 Å². The normalized spacial score (nSPS) is 24.5. The number of methoxy groups -OCH3 is 1. The molecule has 1 aliphatic heterocycles. The van der Waals surface area contributed by atoms with Gasteiger partial charge >= 0.3 is 0 Å². The van der Waals surface area contributed by atoms with Crippen LogP contribution in [-0.2, 0) is 16.1 Å². The van der Waals surface area contributed by atoms with Crippen LogP contribution >= 0.6 is 12.4 Å².